The summed E-state index contributed by atoms with van der Waals surface area (Å²) in [6.07, 6.45) is 0.971. The number of aryl methyl sites for hydroxylation is 1. The van der Waals surface area contributed by atoms with Crippen LogP contribution in [0.1, 0.15) is 18.9 Å². The maximum Gasteiger partial charge on any atom is 0.238 e. The van der Waals surface area contributed by atoms with Crippen molar-refractivity contribution in [3.05, 3.63) is 29.8 Å². The lowest BCUT2D eigenvalue weighted by molar-refractivity contribution is -0.117. The minimum absolute atomic E-state index is 0.0528. The van der Waals surface area contributed by atoms with Crippen LogP contribution in [0, 0.1) is 12.8 Å². The topological polar surface area (TPSA) is 58.4 Å². The second-order valence-electron chi connectivity index (χ2n) is 5.53. The molecule has 2 unspecified atom stereocenters. The molecular formula is C15H23N3O. The quantitative estimate of drug-likeness (QED) is 0.869. The molecule has 4 heteroatoms. The molecule has 0 radical (unpaired) electrons. The number of hydrogen-bond acceptors (Lipinski definition) is 3. The third-order valence-corrected chi connectivity index (χ3v) is 3.84. The standard InChI is InChI=1S/C15H23N3O/c1-11-5-3-4-6-14(11)17-15(19)10-18-8-7-13(16)12(2)9-18/h3-6,12-13H,7-10,16H2,1-2H3,(H,17,19). The van der Waals surface area contributed by atoms with Crippen molar-refractivity contribution in [2.24, 2.45) is 11.7 Å². The molecule has 0 aliphatic carbocycles. The zero-order valence-corrected chi connectivity index (χ0v) is 11.7. The molecule has 0 bridgehead atoms. The number of carbonyl (C=O) groups is 1. The number of nitrogens with zero attached hydrogens (tertiary/aromatic N) is 1. The first kappa shape index (κ1) is 14.0. The van der Waals surface area contributed by atoms with Crippen molar-refractivity contribution in [1.29, 1.82) is 0 Å². The Morgan fingerprint density at radius 3 is 2.89 bits per heavy atom. The van der Waals surface area contributed by atoms with Gasteiger partial charge in [0.05, 0.1) is 6.54 Å². The van der Waals surface area contributed by atoms with Gasteiger partial charge in [-0.15, -0.1) is 0 Å². The van der Waals surface area contributed by atoms with Crippen molar-refractivity contribution in [2.45, 2.75) is 26.3 Å². The minimum Gasteiger partial charge on any atom is -0.327 e. The third kappa shape index (κ3) is 3.78. The Morgan fingerprint density at radius 2 is 2.21 bits per heavy atom. The van der Waals surface area contributed by atoms with E-state index in [4.69, 9.17) is 5.73 Å². The van der Waals surface area contributed by atoms with Crippen LogP contribution < -0.4 is 11.1 Å². The first-order chi connectivity index (χ1) is 9.06. The monoisotopic (exact) mass is 261 g/mol. The molecule has 1 heterocycles. The zero-order chi connectivity index (χ0) is 13.8. The van der Waals surface area contributed by atoms with E-state index in [-0.39, 0.29) is 11.9 Å². The highest BCUT2D eigenvalue weighted by atomic mass is 16.2. The number of para-hydroxylation sites is 1. The summed E-state index contributed by atoms with van der Waals surface area (Å²) in [5.41, 5.74) is 7.97. The summed E-state index contributed by atoms with van der Waals surface area (Å²) in [6, 6.07) is 8.11. The molecule has 4 nitrogen and oxygen atoms in total. The maximum absolute atomic E-state index is 12.0. The number of nitrogens with two attached hydrogens (primary N) is 1. The van der Waals surface area contributed by atoms with Gasteiger partial charge >= 0.3 is 0 Å². The molecule has 1 aromatic carbocycles. The summed E-state index contributed by atoms with van der Waals surface area (Å²) < 4.78 is 0. The highest BCUT2D eigenvalue weighted by molar-refractivity contribution is 5.92. The number of hydrogen-bond donors (Lipinski definition) is 2. The van der Waals surface area contributed by atoms with E-state index in [2.05, 4.69) is 17.1 Å². The Hall–Kier alpha value is -1.39. The largest absolute Gasteiger partial charge is 0.327 e. The number of carbonyl (C=O) groups excluding carboxylic acids is 1. The van der Waals surface area contributed by atoms with Gasteiger partial charge in [-0.1, -0.05) is 25.1 Å². The van der Waals surface area contributed by atoms with Gasteiger partial charge in [0.25, 0.3) is 0 Å². The SMILES string of the molecule is Cc1ccccc1NC(=O)CN1CCC(N)C(C)C1. The van der Waals surface area contributed by atoms with E-state index in [1.165, 1.54) is 0 Å². The van der Waals surface area contributed by atoms with Crippen LogP contribution in [0.2, 0.25) is 0 Å². The van der Waals surface area contributed by atoms with Gasteiger partial charge in [0.2, 0.25) is 5.91 Å². The fraction of sp³-hybridized carbons (Fsp3) is 0.533. The van der Waals surface area contributed by atoms with Crippen molar-refractivity contribution in [1.82, 2.24) is 4.90 Å². The van der Waals surface area contributed by atoms with Crippen molar-refractivity contribution in [3.8, 4) is 0 Å². The maximum atomic E-state index is 12.0. The van der Waals surface area contributed by atoms with E-state index in [0.717, 1.165) is 30.8 Å². The van der Waals surface area contributed by atoms with Crippen molar-refractivity contribution in [3.63, 3.8) is 0 Å². The number of nitrogens with one attached hydrogen (secondary N) is 1. The molecule has 0 spiro atoms. The van der Waals surface area contributed by atoms with E-state index < -0.39 is 0 Å². The molecule has 1 aromatic rings. The lowest BCUT2D eigenvalue weighted by Crippen LogP contribution is -2.48. The van der Waals surface area contributed by atoms with Gasteiger partial charge in [-0.05, 0) is 30.9 Å². The van der Waals surface area contributed by atoms with Gasteiger partial charge in [0.1, 0.15) is 0 Å². The Labute approximate surface area is 115 Å². The van der Waals surface area contributed by atoms with Crippen LogP contribution in [0.3, 0.4) is 0 Å². The molecule has 1 saturated heterocycles. The Morgan fingerprint density at radius 1 is 1.47 bits per heavy atom. The molecule has 1 fully saturated rings. The highest BCUT2D eigenvalue weighted by Gasteiger charge is 2.24. The average Bonchev–Trinajstić information content (AvgIpc) is 2.37. The Bertz CT molecular complexity index is 447. The van der Waals surface area contributed by atoms with Gasteiger partial charge in [0, 0.05) is 24.8 Å². The Kier molecular flexibility index (Phi) is 4.56. The normalized spacial score (nSPS) is 24.2. The van der Waals surface area contributed by atoms with Crippen LogP contribution in [0.25, 0.3) is 0 Å². The van der Waals surface area contributed by atoms with Crippen molar-refractivity contribution in [2.75, 3.05) is 25.0 Å². The molecule has 2 atom stereocenters. The van der Waals surface area contributed by atoms with Crippen LogP contribution in [0.5, 0.6) is 0 Å². The molecule has 1 amide bonds. The summed E-state index contributed by atoms with van der Waals surface area (Å²) in [4.78, 5) is 14.2. The number of likely N-dealkylation sites (tertiary alicyclic amines) is 1. The fourth-order valence-corrected chi connectivity index (χ4v) is 2.50. The number of amides is 1. The molecule has 0 saturated carbocycles. The molecule has 3 N–H and O–H groups in total. The first-order valence-electron chi connectivity index (χ1n) is 6.89. The summed E-state index contributed by atoms with van der Waals surface area (Å²) in [7, 11) is 0. The van der Waals surface area contributed by atoms with Gasteiger partial charge in [0.15, 0.2) is 0 Å². The van der Waals surface area contributed by atoms with Crippen molar-refractivity contribution >= 4 is 11.6 Å². The van der Waals surface area contributed by atoms with Crippen LogP contribution in [-0.2, 0) is 4.79 Å². The van der Waals surface area contributed by atoms with Gasteiger partial charge < -0.3 is 11.1 Å². The summed E-state index contributed by atoms with van der Waals surface area (Å²) in [6.45, 7) is 6.41. The number of piperidine rings is 1. The van der Waals surface area contributed by atoms with Gasteiger partial charge in [-0.25, -0.2) is 0 Å². The van der Waals surface area contributed by atoms with Gasteiger partial charge in [-0.3, -0.25) is 9.69 Å². The molecule has 104 valence electrons. The lowest BCUT2D eigenvalue weighted by atomic mass is 9.95. The number of benzene rings is 1. The fourth-order valence-electron chi connectivity index (χ4n) is 2.50. The molecule has 19 heavy (non-hydrogen) atoms. The second kappa shape index (κ2) is 6.17. The lowest BCUT2D eigenvalue weighted by Gasteiger charge is -2.34. The summed E-state index contributed by atoms with van der Waals surface area (Å²) in [5.74, 6) is 0.511. The molecule has 0 aromatic heterocycles. The number of rotatable bonds is 3. The molecule has 2 rings (SSSR count). The minimum atomic E-state index is 0.0528. The summed E-state index contributed by atoms with van der Waals surface area (Å²) in [5, 5.41) is 2.97. The molecule has 1 aliphatic heterocycles. The van der Waals surface area contributed by atoms with Crippen LogP contribution >= 0.6 is 0 Å². The summed E-state index contributed by atoms with van der Waals surface area (Å²) >= 11 is 0. The Balaban J connectivity index is 1.87. The molecule has 1 aliphatic rings. The van der Waals surface area contributed by atoms with E-state index >= 15 is 0 Å². The second-order valence-corrected chi connectivity index (χ2v) is 5.53. The van der Waals surface area contributed by atoms with Crippen LogP contribution in [-0.4, -0.2) is 36.5 Å². The van der Waals surface area contributed by atoms with E-state index in [1.54, 1.807) is 0 Å². The average molecular weight is 261 g/mol. The number of anilines is 1. The van der Waals surface area contributed by atoms with E-state index in [1.807, 2.05) is 31.2 Å². The van der Waals surface area contributed by atoms with E-state index in [9.17, 15) is 4.79 Å². The predicted octanol–water partition coefficient (Wildman–Crippen LogP) is 1.60. The zero-order valence-electron chi connectivity index (χ0n) is 11.7. The van der Waals surface area contributed by atoms with Crippen LogP contribution in [0.15, 0.2) is 24.3 Å². The van der Waals surface area contributed by atoms with E-state index in [0.29, 0.717) is 12.5 Å². The first-order valence-corrected chi connectivity index (χ1v) is 6.89. The predicted molar refractivity (Wildman–Crippen MR) is 78.0 cm³/mol. The van der Waals surface area contributed by atoms with Crippen LogP contribution in [0.4, 0.5) is 5.69 Å². The molecular weight excluding hydrogens is 238 g/mol. The van der Waals surface area contributed by atoms with Crippen molar-refractivity contribution < 1.29 is 4.79 Å². The smallest absolute Gasteiger partial charge is 0.238 e. The third-order valence-electron chi connectivity index (χ3n) is 3.84. The highest BCUT2D eigenvalue weighted by Crippen LogP contribution is 2.16. The van der Waals surface area contributed by atoms with Gasteiger partial charge in [-0.2, -0.15) is 0 Å².